The molecule has 0 aliphatic heterocycles. The summed E-state index contributed by atoms with van der Waals surface area (Å²) >= 11 is 0. The lowest BCUT2D eigenvalue weighted by molar-refractivity contribution is -0.124. The molecule has 0 atom stereocenters. The maximum atomic E-state index is 11.0. The van der Waals surface area contributed by atoms with E-state index in [0.717, 1.165) is 0 Å². The highest BCUT2D eigenvalue weighted by Crippen LogP contribution is 1.97. The summed E-state index contributed by atoms with van der Waals surface area (Å²) < 4.78 is 4.74. The van der Waals surface area contributed by atoms with E-state index in [1.54, 1.807) is 6.07 Å². The van der Waals surface area contributed by atoms with Gasteiger partial charge in [-0.1, -0.05) is 0 Å². The fourth-order valence-electron chi connectivity index (χ4n) is 0.635. The topological polar surface area (TPSA) is 91.6 Å². The molecule has 0 spiro atoms. The molecule has 3 N–H and O–H groups in total. The van der Waals surface area contributed by atoms with E-state index in [0.29, 0.717) is 0 Å². The van der Waals surface area contributed by atoms with Gasteiger partial charge in [-0.3, -0.25) is 20.4 Å². The van der Waals surface area contributed by atoms with Crippen LogP contribution in [0, 0.1) is 0 Å². The summed E-state index contributed by atoms with van der Waals surface area (Å²) in [5, 5.41) is 8.29. The van der Waals surface area contributed by atoms with Crippen molar-refractivity contribution in [1.82, 2.24) is 10.9 Å². The van der Waals surface area contributed by atoms with E-state index >= 15 is 0 Å². The van der Waals surface area contributed by atoms with Crippen LogP contribution in [0.2, 0.25) is 0 Å². The third kappa shape index (κ3) is 2.60. The van der Waals surface area contributed by atoms with Crippen LogP contribution in [0.3, 0.4) is 0 Å². The molecule has 0 bridgehead atoms. The minimum atomic E-state index is -0.695. The van der Waals surface area contributed by atoms with Crippen LogP contribution in [-0.2, 0) is 4.79 Å². The van der Waals surface area contributed by atoms with Crippen molar-refractivity contribution in [1.29, 1.82) is 0 Å². The van der Waals surface area contributed by atoms with Crippen LogP contribution in [-0.4, -0.2) is 23.5 Å². The fourth-order valence-corrected chi connectivity index (χ4v) is 0.635. The zero-order chi connectivity index (χ0) is 9.68. The number of carbonyl (C=O) groups is 2. The van der Waals surface area contributed by atoms with Crippen molar-refractivity contribution < 1.29 is 19.1 Å². The molecule has 0 saturated heterocycles. The lowest BCUT2D eigenvalue weighted by Gasteiger charge is -2.02. The number of aliphatic hydroxyl groups excluding tert-OH is 1. The number of rotatable bonds is 2. The first-order valence-electron chi connectivity index (χ1n) is 3.47. The van der Waals surface area contributed by atoms with Crippen LogP contribution >= 0.6 is 0 Å². The third-order valence-corrected chi connectivity index (χ3v) is 1.20. The molecule has 1 rings (SSSR count). The van der Waals surface area contributed by atoms with Crippen LogP contribution in [0.25, 0.3) is 0 Å². The SMILES string of the molecule is O=C(CO)NNC(=O)c1ccco1. The van der Waals surface area contributed by atoms with E-state index in [1.807, 2.05) is 10.9 Å². The second-order valence-corrected chi connectivity index (χ2v) is 2.14. The lowest BCUT2D eigenvalue weighted by atomic mass is 10.4. The first-order chi connectivity index (χ1) is 6.24. The van der Waals surface area contributed by atoms with Crippen molar-refractivity contribution in [2.24, 2.45) is 0 Å². The predicted molar refractivity (Wildman–Crippen MR) is 41.4 cm³/mol. The summed E-state index contributed by atoms with van der Waals surface area (Å²) in [6, 6.07) is 2.99. The molecule has 6 heteroatoms. The second-order valence-electron chi connectivity index (χ2n) is 2.14. The molecule has 1 aromatic heterocycles. The molecule has 0 aliphatic carbocycles. The molecule has 1 aromatic rings. The van der Waals surface area contributed by atoms with Gasteiger partial charge >= 0.3 is 5.91 Å². The number of hydrazine groups is 1. The number of hydrogen-bond acceptors (Lipinski definition) is 4. The summed E-state index contributed by atoms with van der Waals surface area (Å²) in [6.07, 6.45) is 1.34. The van der Waals surface area contributed by atoms with Gasteiger partial charge in [0.15, 0.2) is 5.76 Å². The van der Waals surface area contributed by atoms with Gasteiger partial charge in [0, 0.05) is 0 Å². The molecule has 70 valence electrons. The Morgan fingerprint density at radius 2 is 2.23 bits per heavy atom. The maximum absolute atomic E-state index is 11.0. The number of amides is 2. The fraction of sp³-hybridized carbons (Fsp3) is 0.143. The van der Waals surface area contributed by atoms with Crippen molar-refractivity contribution in [2.75, 3.05) is 6.61 Å². The van der Waals surface area contributed by atoms with Gasteiger partial charge in [0.2, 0.25) is 0 Å². The van der Waals surface area contributed by atoms with Gasteiger partial charge in [0.1, 0.15) is 6.61 Å². The van der Waals surface area contributed by atoms with Gasteiger partial charge in [0.05, 0.1) is 6.26 Å². The van der Waals surface area contributed by atoms with E-state index < -0.39 is 18.4 Å². The second kappa shape index (κ2) is 4.27. The molecule has 0 aliphatic rings. The molecule has 0 saturated carbocycles. The van der Waals surface area contributed by atoms with Crippen LogP contribution in [0.1, 0.15) is 10.6 Å². The normalized spacial score (nSPS) is 9.31. The molecule has 0 aromatic carbocycles. The lowest BCUT2D eigenvalue weighted by Crippen LogP contribution is -2.42. The van der Waals surface area contributed by atoms with Crippen LogP contribution in [0.4, 0.5) is 0 Å². The Balaban J connectivity index is 2.39. The third-order valence-electron chi connectivity index (χ3n) is 1.20. The van der Waals surface area contributed by atoms with Crippen LogP contribution in [0.15, 0.2) is 22.8 Å². The van der Waals surface area contributed by atoms with Crippen molar-refractivity contribution in [3.63, 3.8) is 0 Å². The number of furan rings is 1. The molecule has 13 heavy (non-hydrogen) atoms. The largest absolute Gasteiger partial charge is 0.459 e. The van der Waals surface area contributed by atoms with E-state index in [9.17, 15) is 9.59 Å². The smallest absolute Gasteiger partial charge is 0.305 e. The molecule has 1 heterocycles. The first kappa shape index (κ1) is 9.27. The summed E-state index contributed by atoms with van der Waals surface area (Å²) in [5.74, 6) is -1.19. The average Bonchev–Trinajstić information content (AvgIpc) is 2.66. The van der Waals surface area contributed by atoms with E-state index in [-0.39, 0.29) is 5.76 Å². The summed E-state index contributed by atoms with van der Waals surface area (Å²) in [6.45, 7) is -0.682. The number of nitrogens with one attached hydrogen (secondary N) is 2. The highest BCUT2D eigenvalue weighted by Gasteiger charge is 2.08. The van der Waals surface area contributed by atoms with E-state index in [2.05, 4.69) is 0 Å². The average molecular weight is 184 g/mol. The van der Waals surface area contributed by atoms with Crippen molar-refractivity contribution in [3.05, 3.63) is 24.2 Å². The van der Waals surface area contributed by atoms with Gasteiger partial charge in [-0.2, -0.15) is 0 Å². The Kier molecular flexibility index (Phi) is 3.04. The van der Waals surface area contributed by atoms with Gasteiger partial charge in [-0.15, -0.1) is 0 Å². The Morgan fingerprint density at radius 3 is 2.77 bits per heavy atom. The van der Waals surface area contributed by atoms with Crippen LogP contribution < -0.4 is 10.9 Å². The highest BCUT2D eigenvalue weighted by molar-refractivity contribution is 5.92. The highest BCUT2D eigenvalue weighted by atomic mass is 16.3. The quantitative estimate of drug-likeness (QED) is 0.516. The Labute approximate surface area is 73.5 Å². The zero-order valence-electron chi connectivity index (χ0n) is 6.61. The monoisotopic (exact) mass is 184 g/mol. The minimum Gasteiger partial charge on any atom is -0.459 e. The first-order valence-corrected chi connectivity index (χ1v) is 3.47. The molecular weight excluding hydrogens is 176 g/mol. The molecule has 0 radical (unpaired) electrons. The number of carbonyl (C=O) groups excluding carboxylic acids is 2. The van der Waals surface area contributed by atoms with E-state index in [1.165, 1.54) is 12.3 Å². The zero-order valence-corrected chi connectivity index (χ0v) is 6.61. The molecule has 0 unspecified atom stereocenters. The van der Waals surface area contributed by atoms with Gasteiger partial charge in [-0.25, -0.2) is 0 Å². The Bertz CT molecular complexity index is 293. The summed E-state index contributed by atoms with van der Waals surface area (Å²) in [7, 11) is 0. The number of hydrogen-bond donors (Lipinski definition) is 3. The summed E-state index contributed by atoms with van der Waals surface area (Å²) in [5.41, 5.74) is 4.02. The minimum absolute atomic E-state index is 0.0817. The standard InChI is InChI=1S/C7H8N2O4/c10-4-6(11)8-9-7(12)5-2-1-3-13-5/h1-3,10H,4H2,(H,8,11)(H,9,12). The molecular formula is C7H8N2O4. The van der Waals surface area contributed by atoms with E-state index in [4.69, 9.17) is 9.52 Å². The van der Waals surface area contributed by atoms with Crippen molar-refractivity contribution in [3.8, 4) is 0 Å². The van der Waals surface area contributed by atoms with Gasteiger partial charge < -0.3 is 9.52 Å². The molecule has 6 nitrogen and oxygen atoms in total. The molecule has 2 amide bonds. The van der Waals surface area contributed by atoms with Gasteiger partial charge in [0.25, 0.3) is 5.91 Å². The number of aliphatic hydroxyl groups is 1. The van der Waals surface area contributed by atoms with Crippen molar-refractivity contribution in [2.45, 2.75) is 0 Å². The predicted octanol–water partition coefficient (Wildman–Crippen LogP) is -0.967. The molecule has 0 fully saturated rings. The maximum Gasteiger partial charge on any atom is 0.305 e. The summed E-state index contributed by atoms with van der Waals surface area (Å²) in [4.78, 5) is 21.5. The van der Waals surface area contributed by atoms with Gasteiger partial charge in [-0.05, 0) is 12.1 Å². The Hall–Kier alpha value is -1.82. The Morgan fingerprint density at radius 1 is 1.46 bits per heavy atom. The van der Waals surface area contributed by atoms with Crippen molar-refractivity contribution >= 4 is 11.8 Å². The van der Waals surface area contributed by atoms with Crippen LogP contribution in [0.5, 0.6) is 0 Å².